The van der Waals surface area contributed by atoms with E-state index in [0.717, 1.165) is 23.4 Å². The minimum Gasteiger partial charge on any atom is -0.346 e. The zero-order chi connectivity index (χ0) is 21.6. The third-order valence-corrected chi connectivity index (χ3v) is 8.95. The van der Waals surface area contributed by atoms with Crippen LogP contribution in [0.15, 0.2) is 47.6 Å². The molecular formula is C22H27N5O2S2. The van der Waals surface area contributed by atoms with Crippen molar-refractivity contribution in [3.8, 4) is 0 Å². The summed E-state index contributed by atoms with van der Waals surface area (Å²) in [5.74, 6) is 2.59. The van der Waals surface area contributed by atoms with E-state index in [2.05, 4.69) is 32.0 Å². The molecule has 0 saturated heterocycles. The summed E-state index contributed by atoms with van der Waals surface area (Å²) in [5.41, 5.74) is 0.957. The number of hydrogen-bond donors (Lipinski definition) is 2. The second-order valence-electron chi connectivity index (χ2n) is 9.33. The standard InChI is InChI=1S/C22H27N5O2S2/c1-27(22-12-15-9-16(13-22)11-17(10-15)14-22)21(30)25-18-3-5-19(6-4-18)31(28,29)26-20-23-7-2-8-24-20/h2-8,15-17H,9-14H2,1H3,(H,25,30)(H,23,24,26). The van der Waals surface area contributed by atoms with E-state index in [1.165, 1.54) is 50.9 Å². The Labute approximate surface area is 188 Å². The lowest BCUT2D eigenvalue weighted by Crippen LogP contribution is -2.60. The predicted molar refractivity (Wildman–Crippen MR) is 124 cm³/mol. The van der Waals surface area contributed by atoms with Crippen LogP contribution in [-0.4, -0.2) is 41.0 Å². The first kappa shape index (κ1) is 20.6. The molecule has 0 atom stereocenters. The van der Waals surface area contributed by atoms with Gasteiger partial charge in [-0.15, -0.1) is 0 Å². The second-order valence-corrected chi connectivity index (χ2v) is 11.4. The third kappa shape index (κ3) is 4.01. The Bertz CT molecular complexity index is 1040. The normalized spacial score (nSPS) is 28.9. The largest absolute Gasteiger partial charge is 0.346 e. The monoisotopic (exact) mass is 457 g/mol. The summed E-state index contributed by atoms with van der Waals surface area (Å²) < 4.78 is 27.5. The number of anilines is 2. The van der Waals surface area contributed by atoms with Gasteiger partial charge in [0.1, 0.15) is 0 Å². The van der Waals surface area contributed by atoms with E-state index in [1.54, 1.807) is 30.3 Å². The van der Waals surface area contributed by atoms with Gasteiger partial charge in [-0.05, 0) is 98.8 Å². The van der Waals surface area contributed by atoms with E-state index >= 15 is 0 Å². The minimum atomic E-state index is -3.75. The van der Waals surface area contributed by atoms with Crippen LogP contribution in [-0.2, 0) is 10.0 Å². The van der Waals surface area contributed by atoms with Crippen molar-refractivity contribution >= 4 is 39.0 Å². The Morgan fingerprint density at radius 2 is 1.58 bits per heavy atom. The van der Waals surface area contributed by atoms with Gasteiger partial charge in [0.2, 0.25) is 5.95 Å². The second kappa shape index (κ2) is 7.70. The first-order chi connectivity index (χ1) is 14.8. The van der Waals surface area contributed by atoms with Crippen molar-refractivity contribution < 1.29 is 8.42 Å². The molecule has 4 bridgehead atoms. The van der Waals surface area contributed by atoms with Gasteiger partial charge >= 0.3 is 0 Å². The van der Waals surface area contributed by atoms with E-state index in [0.29, 0.717) is 5.11 Å². The Hall–Kier alpha value is -2.26. The lowest BCUT2D eigenvalue weighted by atomic mass is 9.52. The molecule has 0 radical (unpaired) electrons. The molecule has 164 valence electrons. The fraction of sp³-hybridized carbons (Fsp3) is 0.500. The van der Waals surface area contributed by atoms with Gasteiger partial charge in [-0.1, -0.05) is 0 Å². The summed E-state index contributed by atoms with van der Waals surface area (Å²) in [6, 6.07) is 8.21. The van der Waals surface area contributed by atoms with Crippen LogP contribution in [0.25, 0.3) is 0 Å². The highest BCUT2D eigenvalue weighted by Gasteiger charge is 2.53. The quantitative estimate of drug-likeness (QED) is 0.659. The zero-order valence-corrected chi connectivity index (χ0v) is 19.1. The molecule has 1 aromatic heterocycles. The predicted octanol–water partition coefficient (Wildman–Crippen LogP) is 3.87. The van der Waals surface area contributed by atoms with Crippen molar-refractivity contribution in [1.29, 1.82) is 0 Å². The lowest BCUT2D eigenvalue weighted by Gasteiger charge is -2.60. The molecular weight excluding hydrogens is 430 g/mol. The molecule has 0 aliphatic heterocycles. The fourth-order valence-corrected chi connectivity index (χ4v) is 7.42. The van der Waals surface area contributed by atoms with Crippen LogP contribution in [0, 0.1) is 17.8 Å². The first-order valence-electron chi connectivity index (χ1n) is 10.8. The van der Waals surface area contributed by atoms with E-state index in [-0.39, 0.29) is 16.4 Å². The van der Waals surface area contributed by atoms with Crippen LogP contribution < -0.4 is 10.0 Å². The molecule has 1 heterocycles. The Morgan fingerprint density at radius 1 is 1.03 bits per heavy atom. The maximum absolute atomic E-state index is 12.6. The number of nitrogens with zero attached hydrogens (tertiary/aromatic N) is 3. The maximum atomic E-state index is 12.6. The van der Waals surface area contributed by atoms with E-state index in [4.69, 9.17) is 12.2 Å². The third-order valence-electron chi connectivity index (χ3n) is 7.23. The molecule has 6 rings (SSSR count). The summed E-state index contributed by atoms with van der Waals surface area (Å²) in [4.78, 5) is 10.2. The van der Waals surface area contributed by atoms with E-state index in [9.17, 15) is 8.42 Å². The van der Waals surface area contributed by atoms with Crippen LogP contribution in [0.1, 0.15) is 38.5 Å². The molecule has 4 fully saturated rings. The maximum Gasteiger partial charge on any atom is 0.264 e. The number of rotatable bonds is 5. The van der Waals surface area contributed by atoms with Crippen LogP contribution in [0.3, 0.4) is 0 Å². The van der Waals surface area contributed by atoms with Gasteiger partial charge in [-0.25, -0.2) is 23.1 Å². The molecule has 0 spiro atoms. The zero-order valence-electron chi connectivity index (χ0n) is 17.5. The molecule has 1 aromatic carbocycles. The van der Waals surface area contributed by atoms with Gasteiger partial charge in [0.05, 0.1) is 4.90 Å². The van der Waals surface area contributed by atoms with Crippen molar-refractivity contribution in [2.75, 3.05) is 17.1 Å². The number of thiocarbonyl (C=S) groups is 1. The van der Waals surface area contributed by atoms with Crippen molar-refractivity contribution in [1.82, 2.24) is 14.9 Å². The average molecular weight is 458 g/mol. The van der Waals surface area contributed by atoms with Crippen LogP contribution in [0.4, 0.5) is 11.6 Å². The molecule has 2 aromatic rings. The fourth-order valence-electron chi connectivity index (χ4n) is 6.15. The van der Waals surface area contributed by atoms with Crippen molar-refractivity contribution in [2.24, 2.45) is 17.8 Å². The average Bonchev–Trinajstić information content (AvgIpc) is 2.73. The summed E-state index contributed by atoms with van der Waals surface area (Å²) in [6.07, 6.45) is 10.9. The number of benzene rings is 1. The van der Waals surface area contributed by atoms with Gasteiger partial charge in [0, 0.05) is 30.7 Å². The molecule has 4 aliphatic carbocycles. The van der Waals surface area contributed by atoms with Crippen LogP contribution in [0.5, 0.6) is 0 Å². The Morgan fingerprint density at radius 3 is 2.13 bits per heavy atom. The van der Waals surface area contributed by atoms with Gasteiger partial charge in [0.15, 0.2) is 5.11 Å². The molecule has 7 nitrogen and oxygen atoms in total. The SMILES string of the molecule is CN(C(=S)Nc1ccc(S(=O)(=O)Nc2ncccn2)cc1)C12CC3CC(CC(C3)C1)C2. The van der Waals surface area contributed by atoms with Crippen molar-refractivity contribution in [3.63, 3.8) is 0 Å². The van der Waals surface area contributed by atoms with Crippen molar-refractivity contribution in [3.05, 3.63) is 42.7 Å². The molecule has 4 saturated carbocycles. The van der Waals surface area contributed by atoms with E-state index < -0.39 is 10.0 Å². The molecule has 9 heteroatoms. The van der Waals surface area contributed by atoms with Gasteiger partial charge in [0.25, 0.3) is 10.0 Å². The molecule has 2 N–H and O–H groups in total. The first-order valence-corrected chi connectivity index (χ1v) is 12.7. The molecule has 0 unspecified atom stereocenters. The highest BCUT2D eigenvalue weighted by atomic mass is 32.2. The molecule has 31 heavy (non-hydrogen) atoms. The highest BCUT2D eigenvalue weighted by Crippen LogP contribution is 2.57. The smallest absolute Gasteiger partial charge is 0.264 e. The van der Waals surface area contributed by atoms with Crippen LogP contribution in [0.2, 0.25) is 0 Å². The Kier molecular flexibility index (Phi) is 5.13. The van der Waals surface area contributed by atoms with Crippen molar-refractivity contribution in [2.45, 2.75) is 49.0 Å². The summed E-state index contributed by atoms with van der Waals surface area (Å²) in [7, 11) is -1.64. The topological polar surface area (TPSA) is 87.2 Å². The Balaban J connectivity index is 1.26. The summed E-state index contributed by atoms with van der Waals surface area (Å²) >= 11 is 5.75. The number of nitrogens with one attached hydrogen (secondary N) is 2. The van der Waals surface area contributed by atoms with Gasteiger partial charge in [-0.2, -0.15) is 0 Å². The molecule has 0 amide bonds. The summed E-state index contributed by atoms with van der Waals surface area (Å²) in [6.45, 7) is 0. The van der Waals surface area contributed by atoms with Gasteiger partial charge < -0.3 is 10.2 Å². The number of aromatic nitrogens is 2. The minimum absolute atomic E-state index is 0.0445. The number of sulfonamides is 1. The van der Waals surface area contributed by atoms with E-state index in [1.807, 2.05) is 0 Å². The lowest BCUT2D eigenvalue weighted by molar-refractivity contribution is -0.0538. The van der Waals surface area contributed by atoms with Gasteiger partial charge in [-0.3, -0.25) is 0 Å². The number of hydrogen-bond acceptors (Lipinski definition) is 5. The molecule has 4 aliphatic rings. The van der Waals surface area contributed by atoms with Crippen LogP contribution >= 0.6 is 12.2 Å². The highest BCUT2D eigenvalue weighted by molar-refractivity contribution is 7.92. The summed E-state index contributed by atoms with van der Waals surface area (Å²) in [5, 5.41) is 4.01.